The summed E-state index contributed by atoms with van der Waals surface area (Å²) in [4.78, 5) is 0. The minimum atomic E-state index is -0.744. The Kier molecular flexibility index (Phi) is 3.09. The number of aliphatic hydroxyl groups is 1. The predicted molar refractivity (Wildman–Crippen MR) is 82.1 cm³/mol. The highest BCUT2D eigenvalue weighted by atomic mass is 16.5. The minimum Gasteiger partial charge on any atom is -0.385 e. The molecule has 2 aliphatic rings. The Morgan fingerprint density at radius 1 is 1.00 bits per heavy atom. The molecule has 0 aromatic heterocycles. The van der Waals surface area contributed by atoms with E-state index in [1.165, 1.54) is 16.7 Å². The van der Waals surface area contributed by atoms with E-state index in [0.717, 1.165) is 31.4 Å². The molecule has 1 aliphatic carbocycles. The molecule has 2 unspecified atom stereocenters. The van der Waals surface area contributed by atoms with Crippen LogP contribution in [0, 0.1) is 0 Å². The van der Waals surface area contributed by atoms with E-state index in [0.29, 0.717) is 6.42 Å². The molecular formula is C19H20O2. The van der Waals surface area contributed by atoms with E-state index in [1.54, 1.807) is 0 Å². The van der Waals surface area contributed by atoms with E-state index in [9.17, 15) is 5.11 Å². The summed E-state index contributed by atoms with van der Waals surface area (Å²) in [5, 5.41) is 11.1. The lowest BCUT2D eigenvalue weighted by Gasteiger charge is -2.33. The summed E-state index contributed by atoms with van der Waals surface area (Å²) in [6, 6.07) is 16.7. The molecule has 0 saturated carbocycles. The molecule has 108 valence electrons. The second-order valence-corrected chi connectivity index (χ2v) is 6.20. The average molecular weight is 280 g/mol. The van der Waals surface area contributed by atoms with Crippen LogP contribution in [0.15, 0.2) is 48.5 Å². The third kappa shape index (κ3) is 2.19. The fourth-order valence-electron chi connectivity index (χ4n) is 3.83. The predicted octanol–water partition coefficient (Wildman–Crippen LogP) is 3.52. The first-order valence-corrected chi connectivity index (χ1v) is 7.76. The van der Waals surface area contributed by atoms with Crippen LogP contribution in [0.3, 0.4) is 0 Å². The van der Waals surface area contributed by atoms with Gasteiger partial charge in [-0.2, -0.15) is 0 Å². The quantitative estimate of drug-likeness (QED) is 0.912. The summed E-state index contributed by atoms with van der Waals surface area (Å²) in [6.07, 6.45) is 3.39. The van der Waals surface area contributed by atoms with Crippen molar-refractivity contribution in [2.45, 2.75) is 37.4 Å². The fraction of sp³-hybridized carbons (Fsp3) is 0.368. The number of hydrogen-bond acceptors (Lipinski definition) is 2. The first-order chi connectivity index (χ1) is 10.3. The molecule has 0 saturated heterocycles. The highest BCUT2D eigenvalue weighted by molar-refractivity contribution is 5.38. The van der Waals surface area contributed by atoms with Gasteiger partial charge < -0.3 is 9.84 Å². The molecule has 2 heteroatoms. The Hall–Kier alpha value is -1.64. The fourth-order valence-corrected chi connectivity index (χ4v) is 3.83. The zero-order valence-corrected chi connectivity index (χ0v) is 12.1. The highest BCUT2D eigenvalue weighted by Crippen LogP contribution is 2.44. The van der Waals surface area contributed by atoms with Gasteiger partial charge in [-0.25, -0.2) is 0 Å². The molecule has 0 radical (unpaired) electrons. The lowest BCUT2D eigenvalue weighted by molar-refractivity contribution is -0.0488. The van der Waals surface area contributed by atoms with Crippen molar-refractivity contribution in [3.8, 4) is 0 Å². The number of aryl methyl sites for hydroxylation is 1. The van der Waals surface area contributed by atoms with Gasteiger partial charge in [0.1, 0.15) is 0 Å². The third-order valence-corrected chi connectivity index (χ3v) is 4.94. The Morgan fingerprint density at radius 3 is 2.67 bits per heavy atom. The van der Waals surface area contributed by atoms with Crippen molar-refractivity contribution < 1.29 is 9.84 Å². The zero-order valence-electron chi connectivity index (χ0n) is 12.1. The molecule has 2 nitrogen and oxygen atoms in total. The SMILES string of the molecule is OC1(CC2OCCc3ccccc32)CCc2ccccc21. The average Bonchev–Trinajstić information content (AvgIpc) is 2.86. The minimum absolute atomic E-state index is 0.00565. The van der Waals surface area contributed by atoms with Gasteiger partial charge in [-0.15, -0.1) is 0 Å². The van der Waals surface area contributed by atoms with Crippen LogP contribution in [-0.2, 0) is 23.2 Å². The molecule has 0 spiro atoms. The molecule has 1 heterocycles. The first-order valence-electron chi connectivity index (χ1n) is 7.76. The molecule has 2 aromatic carbocycles. The van der Waals surface area contributed by atoms with Gasteiger partial charge in [-0.1, -0.05) is 48.5 Å². The Balaban J connectivity index is 1.66. The molecule has 2 aromatic rings. The van der Waals surface area contributed by atoms with Crippen LogP contribution in [-0.4, -0.2) is 11.7 Å². The van der Waals surface area contributed by atoms with Crippen LogP contribution in [0.5, 0.6) is 0 Å². The van der Waals surface area contributed by atoms with Gasteiger partial charge in [0.2, 0.25) is 0 Å². The lowest BCUT2D eigenvalue weighted by atomic mass is 9.85. The summed E-state index contributed by atoms with van der Waals surface area (Å²) < 4.78 is 5.99. The maximum atomic E-state index is 11.1. The Morgan fingerprint density at radius 2 is 1.76 bits per heavy atom. The molecule has 1 N–H and O–H groups in total. The van der Waals surface area contributed by atoms with Gasteiger partial charge in [-0.3, -0.25) is 0 Å². The third-order valence-electron chi connectivity index (χ3n) is 4.94. The maximum absolute atomic E-state index is 11.1. The van der Waals surface area contributed by atoms with Crippen LogP contribution in [0.4, 0.5) is 0 Å². The van der Waals surface area contributed by atoms with Crippen molar-refractivity contribution in [3.05, 3.63) is 70.8 Å². The van der Waals surface area contributed by atoms with Crippen molar-refractivity contribution in [2.75, 3.05) is 6.61 Å². The molecular weight excluding hydrogens is 260 g/mol. The normalized spacial score (nSPS) is 27.2. The Labute approximate surface area is 125 Å². The van der Waals surface area contributed by atoms with Crippen molar-refractivity contribution in [3.63, 3.8) is 0 Å². The number of ether oxygens (including phenoxy) is 1. The first kappa shape index (κ1) is 13.1. The van der Waals surface area contributed by atoms with E-state index in [-0.39, 0.29) is 6.10 Å². The lowest BCUT2D eigenvalue weighted by Crippen LogP contribution is -2.28. The van der Waals surface area contributed by atoms with Gasteiger partial charge in [0.05, 0.1) is 18.3 Å². The van der Waals surface area contributed by atoms with E-state index < -0.39 is 5.60 Å². The van der Waals surface area contributed by atoms with E-state index in [1.807, 2.05) is 6.07 Å². The highest BCUT2D eigenvalue weighted by Gasteiger charge is 2.39. The van der Waals surface area contributed by atoms with Crippen molar-refractivity contribution in [2.24, 2.45) is 0 Å². The van der Waals surface area contributed by atoms with Crippen molar-refractivity contribution in [1.29, 1.82) is 0 Å². The Bertz CT molecular complexity index is 664. The number of hydrogen-bond donors (Lipinski definition) is 1. The van der Waals surface area contributed by atoms with Crippen LogP contribution >= 0.6 is 0 Å². The number of rotatable bonds is 2. The van der Waals surface area contributed by atoms with E-state index in [4.69, 9.17) is 4.74 Å². The standard InChI is InChI=1S/C19H20O2/c20-19(11-9-15-6-2-4-8-17(15)19)13-18-16-7-3-1-5-14(16)10-12-21-18/h1-8,18,20H,9-13H2. The van der Waals surface area contributed by atoms with Gasteiger partial charge in [-0.05, 0) is 41.5 Å². The van der Waals surface area contributed by atoms with Gasteiger partial charge >= 0.3 is 0 Å². The van der Waals surface area contributed by atoms with Crippen LogP contribution in [0.25, 0.3) is 0 Å². The van der Waals surface area contributed by atoms with Crippen LogP contribution in [0.1, 0.15) is 41.2 Å². The largest absolute Gasteiger partial charge is 0.385 e. The van der Waals surface area contributed by atoms with E-state index >= 15 is 0 Å². The molecule has 21 heavy (non-hydrogen) atoms. The molecule has 0 fully saturated rings. The summed E-state index contributed by atoms with van der Waals surface area (Å²) in [6.45, 7) is 0.749. The smallest absolute Gasteiger partial charge is 0.0930 e. The van der Waals surface area contributed by atoms with Crippen molar-refractivity contribution in [1.82, 2.24) is 0 Å². The number of fused-ring (bicyclic) bond motifs is 2. The second-order valence-electron chi connectivity index (χ2n) is 6.20. The zero-order chi connectivity index (χ0) is 14.3. The summed E-state index contributed by atoms with van der Waals surface area (Å²) >= 11 is 0. The monoisotopic (exact) mass is 280 g/mol. The molecule has 0 amide bonds. The number of benzene rings is 2. The van der Waals surface area contributed by atoms with E-state index in [2.05, 4.69) is 42.5 Å². The molecule has 1 aliphatic heterocycles. The molecule has 2 atom stereocenters. The topological polar surface area (TPSA) is 29.5 Å². The molecule has 4 rings (SSSR count). The summed E-state index contributed by atoms with van der Waals surface area (Å²) in [5.41, 5.74) is 4.25. The van der Waals surface area contributed by atoms with Crippen molar-refractivity contribution >= 4 is 0 Å². The van der Waals surface area contributed by atoms with Crippen LogP contribution < -0.4 is 0 Å². The van der Waals surface area contributed by atoms with Gasteiger partial charge in [0, 0.05) is 6.42 Å². The van der Waals surface area contributed by atoms with Crippen LogP contribution in [0.2, 0.25) is 0 Å². The maximum Gasteiger partial charge on any atom is 0.0930 e. The van der Waals surface area contributed by atoms with Gasteiger partial charge in [0.15, 0.2) is 0 Å². The molecule has 0 bridgehead atoms. The van der Waals surface area contributed by atoms with Gasteiger partial charge in [0.25, 0.3) is 0 Å². The summed E-state index contributed by atoms with van der Waals surface area (Å²) in [5.74, 6) is 0. The second kappa shape index (κ2) is 4.97. The summed E-state index contributed by atoms with van der Waals surface area (Å²) in [7, 11) is 0.